The fourth-order valence-electron chi connectivity index (χ4n) is 2.28. The van der Waals surface area contributed by atoms with Crippen LogP contribution in [-0.4, -0.2) is 16.0 Å². The monoisotopic (exact) mass is 422 g/mol. The Balaban J connectivity index is 2.11. The van der Waals surface area contributed by atoms with Gasteiger partial charge in [-0.2, -0.15) is 0 Å². The number of carbonyl (C=O) groups is 1. The van der Waals surface area contributed by atoms with E-state index < -0.39 is 0 Å². The molecule has 1 aromatic heterocycles. The minimum Gasteiger partial charge on any atom is -0.506 e. The van der Waals surface area contributed by atoms with Gasteiger partial charge in [-0.1, -0.05) is 6.92 Å². The average molecular weight is 424 g/mol. The van der Waals surface area contributed by atoms with Gasteiger partial charge in [-0.15, -0.1) is 0 Å². The van der Waals surface area contributed by atoms with Crippen LogP contribution in [0.5, 0.6) is 5.75 Å². The molecule has 0 saturated heterocycles. The second kappa shape index (κ2) is 5.85. The summed E-state index contributed by atoms with van der Waals surface area (Å²) in [6, 6.07) is 5.50. The molecule has 3 rings (SSSR count). The SMILES string of the molecule is CCc1cnc2c(c1)C(=Cc1cc(Br)c(O)c(Br)c1)C(=O)N2. The van der Waals surface area contributed by atoms with Crippen molar-refractivity contribution in [3.05, 3.63) is 50.0 Å². The molecule has 0 saturated carbocycles. The lowest BCUT2D eigenvalue weighted by Gasteiger charge is -2.04. The number of nitrogens with one attached hydrogen (secondary N) is 1. The van der Waals surface area contributed by atoms with Crippen molar-refractivity contribution in [2.75, 3.05) is 5.32 Å². The fourth-order valence-corrected chi connectivity index (χ4v) is 3.50. The summed E-state index contributed by atoms with van der Waals surface area (Å²) in [6.45, 7) is 2.05. The molecule has 0 fully saturated rings. The first-order chi connectivity index (χ1) is 10.5. The number of phenols is 1. The van der Waals surface area contributed by atoms with Crippen LogP contribution in [0.1, 0.15) is 23.6 Å². The third-order valence-electron chi connectivity index (χ3n) is 3.47. The smallest absolute Gasteiger partial charge is 0.257 e. The summed E-state index contributed by atoms with van der Waals surface area (Å²) in [5.41, 5.74) is 3.26. The Kier molecular flexibility index (Phi) is 4.06. The Hall–Kier alpha value is -1.66. The number of aromatic hydroxyl groups is 1. The van der Waals surface area contributed by atoms with E-state index in [1.165, 1.54) is 0 Å². The molecule has 4 nitrogen and oxygen atoms in total. The van der Waals surface area contributed by atoms with E-state index in [4.69, 9.17) is 0 Å². The second-order valence-electron chi connectivity index (χ2n) is 4.94. The highest BCUT2D eigenvalue weighted by atomic mass is 79.9. The van der Waals surface area contributed by atoms with E-state index in [0.29, 0.717) is 20.3 Å². The number of carbonyl (C=O) groups excluding carboxylic acids is 1. The molecule has 2 aromatic rings. The van der Waals surface area contributed by atoms with Crippen molar-refractivity contribution in [2.24, 2.45) is 0 Å². The molecule has 6 heteroatoms. The molecule has 1 amide bonds. The highest BCUT2D eigenvalue weighted by Crippen LogP contribution is 2.36. The predicted octanol–water partition coefficient (Wildman–Crippen LogP) is 4.37. The molecule has 1 aliphatic heterocycles. The van der Waals surface area contributed by atoms with Crippen LogP contribution in [0.15, 0.2) is 33.3 Å². The van der Waals surface area contributed by atoms with Crippen LogP contribution < -0.4 is 5.32 Å². The number of aryl methyl sites for hydroxylation is 1. The van der Waals surface area contributed by atoms with Crippen molar-refractivity contribution >= 4 is 55.2 Å². The Bertz CT molecular complexity index is 793. The number of hydrogen-bond acceptors (Lipinski definition) is 3. The highest BCUT2D eigenvalue weighted by molar-refractivity contribution is 9.11. The summed E-state index contributed by atoms with van der Waals surface area (Å²) in [5, 5.41) is 12.5. The maximum Gasteiger partial charge on any atom is 0.257 e. The average Bonchev–Trinajstić information content (AvgIpc) is 2.80. The molecule has 112 valence electrons. The Morgan fingerprint density at radius 3 is 2.59 bits per heavy atom. The van der Waals surface area contributed by atoms with Gasteiger partial charge >= 0.3 is 0 Å². The van der Waals surface area contributed by atoms with Gasteiger partial charge in [-0.3, -0.25) is 4.79 Å². The molecule has 1 aromatic carbocycles. The molecular weight excluding hydrogens is 412 g/mol. The molecule has 22 heavy (non-hydrogen) atoms. The predicted molar refractivity (Wildman–Crippen MR) is 93.6 cm³/mol. The first kappa shape index (κ1) is 15.2. The Labute approximate surface area is 144 Å². The van der Waals surface area contributed by atoms with Crippen LogP contribution in [0.4, 0.5) is 5.82 Å². The quantitative estimate of drug-likeness (QED) is 0.705. The van der Waals surface area contributed by atoms with Crippen LogP contribution >= 0.6 is 31.9 Å². The summed E-state index contributed by atoms with van der Waals surface area (Å²) in [4.78, 5) is 16.5. The van der Waals surface area contributed by atoms with Crippen LogP contribution in [0.2, 0.25) is 0 Å². The molecule has 2 heterocycles. The normalized spacial score (nSPS) is 15.0. The number of rotatable bonds is 2. The minimum absolute atomic E-state index is 0.133. The third kappa shape index (κ3) is 2.68. The Morgan fingerprint density at radius 1 is 1.27 bits per heavy atom. The number of phenolic OH excluding ortho intramolecular Hbond substituents is 1. The zero-order valence-electron chi connectivity index (χ0n) is 11.7. The van der Waals surface area contributed by atoms with Crippen molar-refractivity contribution < 1.29 is 9.90 Å². The Morgan fingerprint density at radius 2 is 1.95 bits per heavy atom. The van der Waals surface area contributed by atoms with Crippen LogP contribution in [-0.2, 0) is 11.2 Å². The van der Waals surface area contributed by atoms with E-state index in [1.54, 1.807) is 24.4 Å². The second-order valence-corrected chi connectivity index (χ2v) is 6.65. The summed E-state index contributed by atoms with van der Waals surface area (Å²) < 4.78 is 1.13. The molecular formula is C16H12Br2N2O2. The van der Waals surface area contributed by atoms with Gasteiger partial charge in [-0.05, 0) is 73.7 Å². The lowest BCUT2D eigenvalue weighted by Crippen LogP contribution is -2.04. The topological polar surface area (TPSA) is 62.2 Å². The number of fused-ring (bicyclic) bond motifs is 1. The number of pyridine rings is 1. The summed E-state index contributed by atoms with van der Waals surface area (Å²) in [6.07, 6.45) is 4.42. The molecule has 0 aliphatic carbocycles. The zero-order chi connectivity index (χ0) is 15.9. The maximum absolute atomic E-state index is 12.2. The first-order valence-corrected chi connectivity index (χ1v) is 8.28. The largest absolute Gasteiger partial charge is 0.506 e. The fraction of sp³-hybridized carbons (Fsp3) is 0.125. The van der Waals surface area contributed by atoms with E-state index in [-0.39, 0.29) is 11.7 Å². The summed E-state index contributed by atoms with van der Waals surface area (Å²) in [7, 11) is 0. The lowest BCUT2D eigenvalue weighted by molar-refractivity contribution is -0.110. The number of anilines is 1. The van der Waals surface area contributed by atoms with Gasteiger partial charge in [0.05, 0.1) is 14.5 Å². The number of benzene rings is 1. The number of aromatic nitrogens is 1. The van der Waals surface area contributed by atoms with Crippen molar-refractivity contribution in [1.29, 1.82) is 0 Å². The molecule has 0 bridgehead atoms. The number of halogens is 2. The maximum atomic E-state index is 12.2. The van der Waals surface area contributed by atoms with Gasteiger partial charge < -0.3 is 10.4 Å². The van der Waals surface area contributed by atoms with Gasteiger partial charge in [0.25, 0.3) is 5.91 Å². The van der Waals surface area contributed by atoms with Crippen LogP contribution in [0.25, 0.3) is 11.6 Å². The van der Waals surface area contributed by atoms with E-state index in [2.05, 4.69) is 42.2 Å². The van der Waals surface area contributed by atoms with Crippen LogP contribution in [0.3, 0.4) is 0 Å². The molecule has 0 radical (unpaired) electrons. The van der Waals surface area contributed by atoms with E-state index in [0.717, 1.165) is 23.1 Å². The molecule has 0 spiro atoms. The van der Waals surface area contributed by atoms with Crippen molar-refractivity contribution in [3.8, 4) is 5.75 Å². The summed E-state index contributed by atoms with van der Waals surface area (Å²) >= 11 is 6.59. The first-order valence-electron chi connectivity index (χ1n) is 6.70. The standard InChI is InChI=1S/C16H12Br2N2O2/c1-2-8-3-10-11(16(22)20-15(10)19-7-8)4-9-5-12(17)14(21)13(18)6-9/h3-7,21H,2H2,1H3,(H,19,20,22). The van der Waals surface area contributed by atoms with Crippen molar-refractivity contribution in [2.45, 2.75) is 13.3 Å². The van der Waals surface area contributed by atoms with Crippen LogP contribution in [0, 0.1) is 0 Å². The van der Waals surface area contributed by atoms with Gasteiger partial charge in [0.2, 0.25) is 0 Å². The van der Waals surface area contributed by atoms with E-state index in [1.807, 2.05) is 13.0 Å². The number of hydrogen-bond donors (Lipinski definition) is 2. The lowest BCUT2D eigenvalue weighted by atomic mass is 10.0. The van der Waals surface area contributed by atoms with Gasteiger partial charge in [-0.25, -0.2) is 4.98 Å². The number of amides is 1. The highest BCUT2D eigenvalue weighted by Gasteiger charge is 2.25. The minimum atomic E-state index is -0.170. The number of nitrogens with zero attached hydrogens (tertiary/aromatic N) is 1. The molecule has 0 atom stereocenters. The van der Waals surface area contributed by atoms with E-state index in [9.17, 15) is 9.90 Å². The van der Waals surface area contributed by atoms with Crippen molar-refractivity contribution in [1.82, 2.24) is 4.98 Å². The summed E-state index contributed by atoms with van der Waals surface area (Å²) in [5.74, 6) is 0.551. The molecule has 2 N–H and O–H groups in total. The van der Waals surface area contributed by atoms with Gasteiger partial charge in [0.1, 0.15) is 11.6 Å². The van der Waals surface area contributed by atoms with Crippen molar-refractivity contribution in [3.63, 3.8) is 0 Å². The van der Waals surface area contributed by atoms with Gasteiger partial charge in [0.15, 0.2) is 0 Å². The molecule has 0 unspecified atom stereocenters. The molecule has 1 aliphatic rings. The van der Waals surface area contributed by atoms with E-state index >= 15 is 0 Å². The van der Waals surface area contributed by atoms with Gasteiger partial charge in [0, 0.05) is 11.8 Å². The third-order valence-corrected chi connectivity index (χ3v) is 4.68. The zero-order valence-corrected chi connectivity index (χ0v) is 14.8.